The number of fused-ring (bicyclic) bond motifs is 1. The summed E-state index contributed by atoms with van der Waals surface area (Å²) in [5.74, 6) is 0.139. The summed E-state index contributed by atoms with van der Waals surface area (Å²) in [5.41, 5.74) is 7.63. The molecular weight excluding hydrogens is 248 g/mol. The first-order valence-electron chi connectivity index (χ1n) is 5.83. The molecule has 0 aliphatic rings. The highest BCUT2D eigenvalue weighted by Crippen LogP contribution is 2.26. The molecule has 4 nitrogen and oxygen atoms in total. The van der Waals surface area contributed by atoms with Crippen LogP contribution < -0.4 is 5.73 Å². The Morgan fingerprint density at radius 2 is 2.00 bits per heavy atom. The van der Waals surface area contributed by atoms with Crippen molar-refractivity contribution in [2.24, 2.45) is 0 Å². The van der Waals surface area contributed by atoms with E-state index in [2.05, 4.69) is 4.98 Å². The van der Waals surface area contributed by atoms with Gasteiger partial charge in [-0.3, -0.25) is 4.98 Å². The summed E-state index contributed by atoms with van der Waals surface area (Å²) in [6.07, 6.45) is 0.591. The summed E-state index contributed by atoms with van der Waals surface area (Å²) in [5, 5.41) is 0.606. The maximum atomic E-state index is 12.2. The Bertz CT molecular complexity index is 693. The minimum absolute atomic E-state index is 0.139. The van der Waals surface area contributed by atoms with Crippen molar-refractivity contribution in [1.82, 2.24) is 4.98 Å². The molecule has 1 aromatic carbocycles. The van der Waals surface area contributed by atoms with Crippen LogP contribution in [0.1, 0.15) is 19.0 Å². The lowest BCUT2D eigenvalue weighted by Crippen LogP contribution is -2.07. The molecule has 2 N–H and O–H groups in total. The van der Waals surface area contributed by atoms with Crippen LogP contribution in [0.15, 0.2) is 29.2 Å². The van der Waals surface area contributed by atoms with E-state index < -0.39 is 9.84 Å². The molecule has 5 heteroatoms. The molecule has 0 atom stereocenters. The Balaban J connectivity index is 2.80. The molecule has 2 aromatic rings. The summed E-state index contributed by atoms with van der Waals surface area (Å²) in [6, 6.07) is 6.77. The highest BCUT2D eigenvalue weighted by atomic mass is 32.2. The van der Waals surface area contributed by atoms with Gasteiger partial charge in [0, 0.05) is 16.8 Å². The third-order valence-corrected chi connectivity index (χ3v) is 4.68. The van der Waals surface area contributed by atoms with Gasteiger partial charge in [-0.1, -0.05) is 6.92 Å². The first-order valence-corrected chi connectivity index (χ1v) is 7.49. The molecule has 0 aliphatic carbocycles. The summed E-state index contributed by atoms with van der Waals surface area (Å²) in [7, 11) is -3.27. The van der Waals surface area contributed by atoms with Crippen molar-refractivity contribution in [2.45, 2.75) is 25.2 Å². The molecule has 1 aromatic heterocycles. The molecule has 96 valence electrons. The Morgan fingerprint density at radius 1 is 1.28 bits per heavy atom. The predicted octanol–water partition coefficient (Wildman–Crippen LogP) is 2.31. The van der Waals surface area contributed by atoms with Crippen LogP contribution in [0.3, 0.4) is 0 Å². The number of aryl methyl sites for hydroxylation is 1. The van der Waals surface area contributed by atoms with Crippen LogP contribution in [-0.4, -0.2) is 19.2 Å². The van der Waals surface area contributed by atoms with Gasteiger partial charge < -0.3 is 5.73 Å². The minimum atomic E-state index is -3.27. The van der Waals surface area contributed by atoms with Gasteiger partial charge in [0.2, 0.25) is 0 Å². The standard InChI is InChI=1S/C13H16N2O2S/c1-3-6-18(16,17)13-7-9(2)15-12-5-4-10(14)8-11(12)13/h4-5,7-8H,3,6,14H2,1-2H3. The number of hydrogen-bond donors (Lipinski definition) is 1. The number of benzene rings is 1. The fourth-order valence-electron chi connectivity index (χ4n) is 1.97. The summed E-state index contributed by atoms with van der Waals surface area (Å²) < 4.78 is 24.5. The molecule has 0 spiro atoms. The molecular formula is C13H16N2O2S. The van der Waals surface area contributed by atoms with E-state index in [1.54, 1.807) is 31.2 Å². The van der Waals surface area contributed by atoms with Gasteiger partial charge in [0.05, 0.1) is 16.2 Å². The van der Waals surface area contributed by atoms with Crippen molar-refractivity contribution in [1.29, 1.82) is 0 Å². The summed E-state index contributed by atoms with van der Waals surface area (Å²) in [4.78, 5) is 4.66. The first kappa shape index (κ1) is 12.8. The number of nitrogens with two attached hydrogens (primary N) is 1. The minimum Gasteiger partial charge on any atom is -0.399 e. The molecule has 0 saturated carbocycles. The lowest BCUT2D eigenvalue weighted by Gasteiger charge is -2.09. The maximum Gasteiger partial charge on any atom is 0.179 e. The van der Waals surface area contributed by atoms with Crippen molar-refractivity contribution < 1.29 is 8.42 Å². The Morgan fingerprint density at radius 3 is 2.67 bits per heavy atom. The molecule has 0 amide bonds. The monoisotopic (exact) mass is 264 g/mol. The van der Waals surface area contributed by atoms with E-state index >= 15 is 0 Å². The fourth-order valence-corrected chi connectivity index (χ4v) is 3.58. The molecule has 0 unspecified atom stereocenters. The SMILES string of the molecule is CCCS(=O)(=O)c1cc(C)nc2ccc(N)cc12. The average molecular weight is 264 g/mol. The molecule has 0 aliphatic heterocycles. The van der Waals surface area contributed by atoms with Gasteiger partial charge in [-0.25, -0.2) is 8.42 Å². The highest BCUT2D eigenvalue weighted by Gasteiger charge is 2.18. The van der Waals surface area contributed by atoms with Crippen LogP contribution in [0.5, 0.6) is 0 Å². The van der Waals surface area contributed by atoms with Gasteiger partial charge in [0.25, 0.3) is 0 Å². The lowest BCUT2D eigenvalue weighted by atomic mass is 10.2. The van der Waals surface area contributed by atoms with Crippen molar-refractivity contribution in [3.63, 3.8) is 0 Å². The van der Waals surface area contributed by atoms with E-state index in [4.69, 9.17) is 5.73 Å². The van der Waals surface area contributed by atoms with Gasteiger partial charge in [0.15, 0.2) is 9.84 Å². The van der Waals surface area contributed by atoms with Crippen molar-refractivity contribution in [3.05, 3.63) is 30.0 Å². The van der Waals surface area contributed by atoms with Crippen LogP contribution in [0, 0.1) is 6.92 Å². The third kappa shape index (κ3) is 2.31. The van der Waals surface area contributed by atoms with Gasteiger partial charge in [-0.05, 0) is 37.6 Å². The van der Waals surface area contributed by atoms with Crippen LogP contribution in [-0.2, 0) is 9.84 Å². The van der Waals surface area contributed by atoms with E-state index in [1.165, 1.54) is 0 Å². The molecule has 2 rings (SSSR count). The number of nitrogen functional groups attached to an aromatic ring is 1. The first-order chi connectivity index (χ1) is 8.44. The van der Waals surface area contributed by atoms with E-state index in [9.17, 15) is 8.42 Å². The Hall–Kier alpha value is -1.62. The van der Waals surface area contributed by atoms with Crippen LogP contribution in [0.4, 0.5) is 5.69 Å². The van der Waals surface area contributed by atoms with Crippen LogP contribution in [0.2, 0.25) is 0 Å². The number of pyridine rings is 1. The number of hydrogen-bond acceptors (Lipinski definition) is 4. The zero-order valence-corrected chi connectivity index (χ0v) is 11.3. The van der Waals surface area contributed by atoms with E-state index in [1.807, 2.05) is 6.92 Å². The molecule has 0 saturated heterocycles. The Kier molecular flexibility index (Phi) is 3.26. The average Bonchev–Trinajstić information content (AvgIpc) is 2.28. The molecule has 0 fully saturated rings. The van der Waals surface area contributed by atoms with Crippen molar-refractivity contribution in [3.8, 4) is 0 Å². The van der Waals surface area contributed by atoms with Crippen molar-refractivity contribution >= 4 is 26.4 Å². The van der Waals surface area contributed by atoms with Gasteiger partial charge >= 0.3 is 0 Å². The fraction of sp³-hybridized carbons (Fsp3) is 0.308. The second-order valence-electron chi connectivity index (χ2n) is 4.36. The van der Waals surface area contributed by atoms with E-state index in [0.717, 1.165) is 0 Å². The van der Waals surface area contributed by atoms with Crippen LogP contribution in [0.25, 0.3) is 10.9 Å². The smallest absolute Gasteiger partial charge is 0.179 e. The van der Waals surface area contributed by atoms with Crippen molar-refractivity contribution in [2.75, 3.05) is 11.5 Å². The normalized spacial score (nSPS) is 11.9. The topological polar surface area (TPSA) is 73.0 Å². The van der Waals surface area contributed by atoms with Crippen LogP contribution >= 0.6 is 0 Å². The number of rotatable bonds is 3. The summed E-state index contributed by atoms with van der Waals surface area (Å²) in [6.45, 7) is 3.64. The number of anilines is 1. The van der Waals surface area contributed by atoms with Gasteiger partial charge in [-0.2, -0.15) is 0 Å². The zero-order chi connectivity index (χ0) is 13.3. The second-order valence-corrected chi connectivity index (χ2v) is 6.43. The highest BCUT2D eigenvalue weighted by molar-refractivity contribution is 7.91. The quantitative estimate of drug-likeness (QED) is 0.863. The zero-order valence-electron chi connectivity index (χ0n) is 10.5. The predicted molar refractivity (Wildman–Crippen MR) is 73.2 cm³/mol. The number of sulfone groups is 1. The number of aromatic nitrogens is 1. The van der Waals surface area contributed by atoms with E-state index in [0.29, 0.717) is 33.6 Å². The Labute approximate surface area is 107 Å². The molecule has 0 radical (unpaired) electrons. The molecule has 0 bridgehead atoms. The number of nitrogens with zero attached hydrogens (tertiary/aromatic N) is 1. The second kappa shape index (κ2) is 4.57. The third-order valence-electron chi connectivity index (χ3n) is 2.73. The molecule has 18 heavy (non-hydrogen) atoms. The lowest BCUT2D eigenvalue weighted by molar-refractivity contribution is 0.595. The maximum absolute atomic E-state index is 12.2. The largest absolute Gasteiger partial charge is 0.399 e. The molecule has 1 heterocycles. The van der Waals surface area contributed by atoms with E-state index in [-0.39, 0.29) is 5.75 Å². The van der Waals surface area contributed by atoms with Gasteiger partial charge in [-0.15, -0.1) is 0 Å². The van der Waals surface area contributed by atoms with Gasteiger partial charge in [0.1, 0.15) is 0 Å². The summed E-state index contributed by atoms with van der Waals surface area (Å²) >= 11 is 0.